The van der Waals surface area contributed by atoms with Crippen molar-refractivity contribution in [2.45, 2.75) is 25.5 Å². The molecule has 2 aliphatic heterocycles. The third kappa shape index (κ3) is 5.26. The molecule has 1 aromatic carbocycles. The number of piperidine rings is 1. The van der Waals surface area contributed by atoms with E-state index in [1.54, 1.807) is 19.3 Å². The fourth-order valence-electron chi connectivity index (χ4n) is 4.45. The van der Waals surface area contributed by atoms with Gasteiger partial charge in [-0.1, -0.05) is 12.1 Å². The predicted octanol–water partition coefficient (Wildman–Crippen LogP) is 2.12. The van der Waals surface area contributed by atoms with Crippen LogP contribution in [-0.2, 0) is 18.3 Å². The molecule has 0 amide bonds. The van der Waals surface area contributed by atoms with Gasteiger partial charge in [-0.05, 0) is 23.8 Å². The molecule has 0 saturated carbocycles. The number of ether oxygens (including phenoxy) is 2. The van der Waals surface area contributed by atoms with E-state index in [4.69, 9.17) is 9.47 Å². The Kier molecular flexibility index (Phi) is 6.82. The molecule has 9 heteroatoms. The highest BCUT2D eigenvalue weighted by atomic mass is 16.5. The third-order valence-corrected chi connectivity index (χ3v) is 6.44. The molecule has 178 valence electrons. The molecular weight excluding hydrogens is 432 g/mol. The summed E-state index contributed by atoms with van der Waals surface area (Å²) in [4.78, 5) is 30.0. The molecule has 0 radical (unpaired) electrons. The van der Waals surface area contributed by atoms with Gasteiger partial charge in [-0.15, -0.1) is 0 Å². The molecule has 2 aliphatic rings. The summed E-state index contributed by atoms with van der Waals surface area (Å²) in [6.45, 7) is 6.35. The summed E-state index contributed by atoms with van der Waals surface area (Å²) in [6.07, 6.45) is 4.81. The van der Waals surface area contributed by atoms with E-state index >= 15 is 0 Å². The molecule has 0 bridgehead atoms. The molecular formula is C25H30N6O3. The lowest BCUT2D eigenvalue weighted by Crippen LogP contribution is -2.39. The van der Waals surface area contributed by atoms with E-state index in [1.165, 1.54) is 28.2 Å². The number of aromatic nitrogens is 4. The summed E-state index contributed by atoms with van der Waals surface area (Å²) in [5, 5.41) is 0. The van der Waals surface area contributed by atoms with Crippen LogP contribution in [0.5, 0.6) is 6.01 Å². The minimum atomic E-state index is -0.173. The van der Waals surface area contributed by atoms with E-state index in [0.717, 1.165) is 58.8 Å². The second-order valence-corrected chi connectivity index (χ2v) is 8.78. The molecule has 5 rings (SSSR count). The molecule has 4 heterocycles. The van der Waals surface area contributed by atoms with Crippen LogP contribution in [-0.4, -0.2) is 69.9 Å². The highest BCUT2D eigenvalue weighted by molar-refractivity contribution is 5.53. The second kappa shape index (κ2) is 10.3. The third-order valence-electron chi connectivity index (χ3n) is 6.44. The Morgan fingerprint density at radius 2 is 1.88 bits per heavy atom. The molecule has 2 fully saturated rings. The van der Waals surface area contributed by atoms with E-state index in [0.29, 0.717) is 17.4 Å². The first-order valence-corrected chi connectivity index (χ1v) is 11.8. The van der Waals surface area contributed by atoms with Gasteiger partial charge >= 0.3 is 0 Å². The van der Waals surface area contributed by atoms with Crippen LogP contribution in [0.4, 0.5) is 5.69 Å². The zero-order valence-electron chi connectivity index (χ0n) is 19.5. The van der Waals surface area contributed by atoms with Crippen molar-refractivity contribution < 1.29 is 9.47 Å². The van der Waals surface area contributed by atoms with Crippen molar-refractivity contribution in [2.75, 3.05) is 44.3 Å². The summed E-state index contributed by atoms with van der Waals surface area (Å²) < 4.78 is 13.1. The molecule has 2 saturated heterocycles. The number of hydrogen-bond acceptors (Lipinski definition) is 8. The molecule has 0 aliphatic carbocycles. The van der Waals surface area contributed by atoms with Crippen LogP contribution in [0.3, 0.4) is 0 Å². The van der Waals surface area contributed by atoms with Crippen molar-refractivity contribution >= 4 is 5.69 Å². The van der Waals surface area contributed by atoms with E-state index < -0.39 is 0 Å². The average Bonchev–Trinajstić information content (AvgIpc) is 2.88. The summed E-state index contributed by atoms with van der Waals surface area (Å²) in [5.74, 6) is 0. The van der Waals surface area contributed by atoms with Gasteiger partial charge in [0.25, 0.3) is 11.6 Å². The van der Waals surface area contributed by atoms with E-state index in [-0.39, 0.29) is 11.7 Å². The van der Waals surface area contributed by atoms with Gasteiger partial charge in [-0.25, -0.2) is 9.97 Å². The number of hydrogen-bond donors (Lipinski definition) is 0. The summed E-state index contributed by atoms with van der Waals surface area (Å²) >= 11 is 0. The lowest BCUT2D eigenvalue weighted by Gasteiger charge is -2.34. The number of benzene rings is 1. The van der Waals surface area contributed by atoms with Crippen LogP contribution in [0.15, 0.2) is 53.7 Å². The number of rotatable bonds is 6. The lowest BCUT2D eigenvalue weighted by atomic mass is 10.1. The van der Waals surface area contributed by atoms with Gasteiger partial charge in [-0.2, -0.15) is 4.98 Å². The summed E-state index contributed by atoms with van der Waals surface area (Å²) in [6, 6.07) is 12.4. The lowest BCUT2D eigenvalue weighted by molar-refractivity contribution is 0.0342. The smallest absolute Gasteiger partial charge is 0.299 e. The summed E-state index contributed by atoms with van der Waals surface area (Å²) in [7, 11) is 1.68. The Morgan fingerprint density at radius 1 is 1.06 bits per heavy atom. The van der Waals surface area contributed by atoms with Gasteiger partial charge in [0, 0.05) is 70.6 Å². The fraction of sp³-hybridized carbons (Fsp3) is 0.440. The molecule has 0 unspecified atom stereocenters. The maximum absolute atomic E-state index is 12.5. The van der Waals surface area contributed by atoms with Crippen molar-refractivity contribution in [1.29, 1.82) is 0 Å². The van der Waals surface area contributed by atoms with Crippen molar-refractivity contribution in [3.63, 3.8) is 0 Å². The number of anilines is 1. The first-order valence-electron chi connectivity index (χ1n) is 11.8. The van der Waals surface area contributed by atoms with Crippen molar-refractivity contribution in [3.05, 3.63) is 64.8 Å². The molecule has 3 aromatic rings. The van der Waals surface area contributed by atoms with E-state index in [1.807, 2.05) is 0 Å². The number of morpholine rings is 1. The Balaban J connectivity index is 1.22. The predicted molar refractivity (Wildman–Crippen MR) is 129 cm³/mol. The van der Waals surface area contributed by atoms with Crippen LogP contribution in [0.25, 0.3) is 11.4 Å². The van der Waals surface area contributed by atoms with Gasteiger partial charge in [0.15, 0.2) is 0 Å². The molecule has 0 atom stereocenters. The van der Waals surface area contributed by atoms with Crippen molar-refractivity contribution in [1.82, 2.24) is 24.4 Å². The molecule has 2 aromatic heterocycles. The monoisotopic (exact) mass is 462 g/mol. The highest BCUT2D eigenvalue weighted by Gasteiger charge is 2.23. The Bertz CT molecular complexity index is 1150. The van der Waals surface area contributed by atoms with Crippen LogP contribution in [0, 0.1) is 0 Å². The largest absolute Gasteiger partial charge is 0.461 e. The van der Waals surface area contributed by atoms with Crippen molar-refractivity contribution in [2.24, 2.45) is 7.05 Å². The Labute approximate surface area is 199 Å². The average molecular weight is 463 g/mol. The maximum Gasteiger partial charge on any atom is 0.299 e. The van der Waals surface area contributed by atoms with E-state index in [2.05, 4.69) is 49.0 Å². The van der Waals surface area contributed by atoms with Gasteiger partial charge in [-0.3, -0.25) is 14.3 Å². The molecule has 0 spiro atoms. The maximum atomic E-state index is 12.5. The topological polar surface area (TPSA) is 85.6 Å². The highest BCUT2D eigenvalue weighted by Crippen LogP contribution is 2.24. The quantitative estimate of drug-likeness (QED) is 0.551. The van der Waals surface area contributed by atoms with Crippen LogP contribution < -0.4 is 15.2 Å². The van der Waals surface area contributed by atoms with Gasteiger partial charge < -0.3 is 14.4 Å². The minimum Gasteiger partial charge on any atom is -0.461 e. The Hall–Kier alpha value is -3.30. The van der Waals surface area contributed by atoms with Gasteiger partial charge in [0.2, 0.25) is 0 Å². The Morgan fingerprint density at radius 3 is 2.65 bits per heavy atom. The van der Waals surface area contributed by atoms with E-state index in [9.17, 15) is 4.79 Å². The van der Waals surface area contributed by atoms with Crippen LogP contribution in [0.1, 0.15) is 18.4 Å². The zero-order chi connectivity index (χ0) is 23.3. The summed E-state index contributed by atoms with van der Waals surface area (Å²) in [5.41, 5.74) is 3.51. The molecule has 9 nitrogen and oxygen atoms in total. The van der Waals surface area contributed by atoms with Gasteiger partial charge in [0.05, 0.1) is 24.6 Å². The first-order chi connectivity index (χ1) is 16.7. The fourth-order valence-corrected chi connectivity index (χ4v) is 4.45. The van der Waals surface area contributed by atoms with Crippen LogP contribution in [0.2, 0.25) is 0 Å². The van der Waals surface area contributed by atoms with Crippen LogP contribution >= 0.6 is 0 Å². The first kappa shape index (κ1) is 22.5. The normalized spacial score (nSPS) is 17.6. The minimum absolute atomic E-state index is 0.00605. The SMILES string of the molecule is Cn1c(OC2CCN(c3cccc(CN4CCOCC4)c3)CC2)nc(-c2ccncn2)cc1=O. The number of nitrogens with zero attached hydrogens (tertiary/aromatic N) is 6. The van der Waals surface area contributed by atoms with Crippen molar-refractivity contribution in [3.8, 4) is 17.4 Å². The molecule has 0 N–H and O–H groups in total. The standard InChI is InChI=1S/C25H30N6O3/c1-29-24(32)16-23(22-5-8-26-18-27-22)28-25(29)34-21-6-9-31(10-7-21)20-4-2-3-19(15-20)17-30-11-13-33-14-12-30/h2-5,8,15-16,18,21H,6-7,9-14,17H2,1H3. The second-order valence-electron chi connectivity index (χ2n) is 8.78. The zero-order valence-corrected chi connectivity index (χ0v) is 19.5. The molecule has 34 heavy (non-hydrogen) atoms. The van der Waals surface area contributed by atoms with Gasteiger partial charge in [0.1, 0.15) is 12.4 Å².